The van der Waals surface area contributed by atoms with Crippen LogP contribution in [-0.2, 0) is 6.54 Å². The number of nitrogens with zero attached hydrogens (tertiary/aromatic N) is 1. The molecule has 0 saturated carbocycles. The predicted octanol–water partition coefficient (Wildman–Crippen LogP) is 4.84. The molecule has 1 heterocycles. The van der Waals surface area contributed by atoms with E-state index < -0.39 is 0 Å². The summed E-state index contributed by atoms with van der Waals surface area (Å²) in [6.07, 6.45) is 1.83. The first kappa shape index (κ1) is 13.6. The minimum absolute atomic E-state index is 0.781. The molecule has 0 atom stereocenters. The third kappa shape index (κ3) is 3.33. The molecule has 0 aliphatic rings. The van der Waals surface area contributed by atoms with Crippen molar-refractivity contribution in [1.82, 2.24) is 4.98 Å². The molecule has 4 heteroatoms. The van der Waals surface area contributed by atoms with E-state index in [0.29, 0.717) is 0 Å². The summed E-state index contributed by atoms with van der Waals surface area (Å²) in [5, 5.41) is 3.38. The Morgan fingerprint density at radius 3 is 2.61 bits per heavy atom. The fourth-order valence-electron chi connectivity index (χ4n) is 1.65. The molecule has 0 radical (unpaired) electrons. The van der Waals surface area contributed by atoms with Crippen molar-refractivity contribution in [2.75, 3.05) is 5.32 Å². The van der Waals surface area contributed by atoms with Crippen molar-refractivity contribution in [3.05, 3.63) is 56.2 Å². The number of hydrogen-bond acceptors (Lipinski definition) is 2. The molecule has 2 aromatic rings. The molecule has 0 spiro atoms. The maximum Gasteiger partial charge on any atom is 0.109 e. The van der Waals surface area contributed by atoms with Crippen LogP contribution in [0, 0.1) is 13.8 Å². The van der Waals surface area contributed by atoms with E-state index in [4.69, 9.17) is 0 Å². The lowest BCUT2D eigenvalue weighted by Crippen LogP contribution is -2.01. The number of rotatable bonds is 3. The smallest absolute Gasteiger partial charge is 0.109 e. The second-order valence-corrected chi connectivity index (χ2v) is 5.89. The molecule has 2 nitrogen and oxygen atoms in total. The van der Waals surface area contributed by atoms with E-state index in [1.54, 1.807) is 0 Å². The van der Waals surface area contributed by atoms with Gasteiger partial charge in [-0.2, -0.15) is 0 Å². The summed E-state index contributed by atoms with van der Waals surface area (Å²) in [6.45, 7) is 4.90. The Hall–Kier alpha value is -0.870. The third-order valence-corrected chi connectivity index (χ3v) is 4.27. The zero-order chi connectivity index (χ0) is 13.1. The molecule has 0 amide bonds. The fourth-order valence-corrected chi connectivity index (χ4v) is 2.50. The highest BCUT2D eigenvalue weighted by Gasteiger charge is 2.02. The minimum Gasteiger partial charge on any atom is -0.380 e. The van der Waals surface area contributed by atoms with Crippen LogP contribution >= 0.6 is 31.9 Å². The standard InChI is InChI=1S/C14H14Br2N2/c1-9-3-4-11(13(15)5-9)7-17-12-6-10(2)14(16)18-8-12/h3-6,8,17H,7H2,1-2H3. The van der Waals surface area contributed by atoms with Crippen molar-refractivity contribution < 1.29 is 0 Å². The zero-order valence-electron chi connectivity index (χ0n) is 10.3. The summed E-state index contributed by atoms with van der Waals surface area (Å²) < 4.78 is 2.03. The van der Waals surface area contributed by atoms with E-state index in [-0.39, 0.29) is 0 Å². The van der Waals surface area contributed by atoms with E-state index in [9.17, 15) is 0 Å². The highest BCUT2D eigenvalue weighted by atomic mass is 79.9. The van der Waals surface area contributed by atoms with Crippen LogP contribution in [0.4, 0.5) is 5.69 Å². The van der Waals surface area contributed by atoms with Crippen molar-refractivity contribution >= 4 is 37.5 Å². The predicted molar refractivity (Wildman–Crippen MR) is 82.9 cm³/mol. The van der Waals surface area contributed by atoms with E-state index in [1.807, 2.05) is 13.1 Å². The van der Waals surface area contributed by atoms with E-state index in [1.165, 1.54) is 11.1 Å². The van der Waals surface area contributed by atoms with Gasteiger partial charge in [0.15, 0.2) is 0 Å². The number of benzene rings is 1. The number of hydrogen-bond donors (Lipinski definition) is 1. The van der Waals surface area contributed by atoms with Gasteiger partial charge in [-0.3, -0.25) is 0 Å². The van der Waals surface area contributed by atoms with Crippen LogP contribution in [0.25, 0.3) is 0 Å². The average Bonchev–Trinajstić information content (AvgIpc) is 2.32. The highest BCUT2D eigenvalue weighted by molar-refractivity contribution is 9.10. The Morgan fingerprint density at radius 1 is 1.17 bits per heavy atom. The largest absolute Gasteiger partial charge is 0.380 e. The van der Waals surface area contributed by atoms with Crippen LogP contribution in [0.15, 0.2) is 39.5 Å². The summed E-state index contributed by atoms with van der Waals surface area (Å²) in [5.41, 5.74) is 4.65. The molecule has 18 heavy (non-hydrogen) atoms. The number of aromatic nitrogens is 1. The first-order valence-electron chi connectivity index (χ1n) is 5.67. The van der Waals surface area contributed by atoms with E-state index >= 15 is 0 Å². The van der Waals surface area contributed by atoms with Gasteiger partial charge in [0.2, 0.25) is 0 Å². The average molecular weight is 370 g/mol. The maximum absolute atomic E-state index is 4.27. The molecular weight excluding hydrogens is 356 g/mol. The Morgan fingerprint density at radius 2 is 1.94 bits per heavy atom. The molecule has 0 unspecified atom stereocenters. The van der Waals surface area contributed by atoms with Gasteiger partial charge in [-0.05, 0) is 58.6 Å². The summed E-state index contributed by atoms with van der Waals surface area (Å²) in [5.74, 6) is 0. The SMILES string of the molecule is Cc1ccc(CNc2cnc(Br)c(C)c2)c(Br)c1. The van der Waals surface area contributed by atoms with Gasteiger partial charge < -0.3 is 5.32 Å². The number of anilines is 1. The first-order valence-corrected chi connectivity index (χ1v) is 7.26. The van der Waals surface area contributed by atoms with Gasteiger partial charge in [0.25, 0.3) is 0 Å². The molecule has 1 aromatic heterocycles. The van der Waals surface area contributed by atoms with Gasteiger partial charge in [-0.15, -0.1) is 0 Å². The molecular formula is C14H14Br2N2. The Bertz CT molecular complexity index is 568. The van der Waals surface area contributed by atoms with Crippen molar-refractivity contribution in [2.24, 2.45) is 0 Å². The van der Waals surface area contributed by atoms with Gasteiger partial charge >= 0.3 is 0 Å². The number of aryl methyl sites for hydroxylation is 2. The topological polar surface area (TPSA) is 24.9 Å². The summed E-state index contributed by atoms with van der Waals surface area (Å²) >= 11 is 6.98. The van der Waals surface area contributed by atoms with Gasteiger partial charge in [0, 0.05) is 11.0 Å². The van der Waals surface area contributed by atoms with Crippen molar-refractivity contribution in [2.45, 2.75) is 20.4 Å². The van der Waals surface area contributed by atoms with Crippen LogP contribution in [0.5, 0.6) is 0 Å². The molecule has 0 saturated heterocycles. The fraction of sp³-hybridized carbons (Fsp3) is 0.214. The summed E-state index contributed by atoms with van der Waals surface area (Å²) in [6, 6.07) is 8.46. The summed E-state index contributed by atoms with van der Waals surface area (Å²) in [7, 11) is 0. The maximum atomic E-state index is 4.27. The summed E-state index contributed by atoms with van der Waals surface area (Å²) in [4.78, 5) is 4.27. The van der Waals surface area contributed by atoms with Crippen LogP contribution in [0.3, 0.4) is 0 Å². The number of pyridine rings is 1. The van der Waals surface area contributed by atoms with Crippen LogP contribution in [-0.4, -0.2) is 4.98 Å². The molecule has 2 rings (SSSR count). The molecule has 94 valence electrons. The monoisotopic (exact) mass is 368 g/mol. The lowest BCUT2D eigenvalue weighted by atomic mass is 10.1. The van der Waals surface area contributed by atoms with Crippen LogP contribution in [0.1, 0.15) is 16.7 Å². The normalized spacial score (nSPS) is 10.4. The van der Waals surface area contributed by atoms with Crippen LogP contribution in [0.2, 0.25) is 0 Å². The molecule has 0 bridgehead atoms. The Balaban J connectivity index is 2.09. The lowest BCUT2D eigenvalue weighted by molar-refractivity contribution is 1.11. The third-order valence-electron chi connectivity index (χ3n) is 2.71. The van der Waals surface area contributed by atoms with Gasteiger partial charge in [0.1, 0.15) is 4.60 Å². The zero-order valence-corrected chi connectivity index (χ0v) is 13.5. The first-order chi connectivity index (χ1) is 8.56. The molecule has 0 fully saturated rings. The quantitative estimate of drug-likeness (QED) is 0.783. The minimum atomic E-state index is 0.781. The van der Waals surface area contributed by atoms with E-state index in [0.717, 1.165) is 26.9 Å². The number of halogens is 2. The molecule has 1 aromatic carbocycles. The van der Waals surface area contributed by atoms with Crippen molar-refractivity contribution in [3.63, 3.8) is 0 Å². The Kier molecular flexibility index (Phi) is 4.40. The Labute approximate surface area is 124 Å². The van der Waals surface area contributed by atoms with E-state index in [2.05, 4.69) is 73.3 Å². The second kappa shape index (κ2) is 5.85. The highest BCUT2D eigenvalue weighted by Crippen LogP contribution is 2.21. The number of nitrogens with one attached hydrogen (secondary N) is 1. The lowest BCUT2D eigenvalue weighted by Gasteiger charge is -2.09. The molecule has 0 aliphatic carbocycles. The molecule has 1 N–H and O–H groups in total. The van der Waals surface area contributed by atoms with Gasteiger partial charge in [-0.25, -0.2) is 4.98 Å². The van der Waals surface area contributed by atoms with Crippen molar-refractivity contribution in [1.29, 1.82) is 0 Å². The molecule has 0 aliphatic heterocycles. The van der Waals surface area contributed by atoms with Gasteiger partial charge in [0.05, 0.1) is 11.9 Å². The van der Waals surface area contributed by atoms with Gasteiger partial charge in [-0.1, -0.05) is 28.1 Å². The second-order valence-electron chi connectivity index (χ2n) is 4.28. The van der Waals surface area contributed by atoms with Crippen molar-refractivity contribution in [3.8, 4) is 0 Å². The van der Waals surface area contributed by atoms with Crippen LogP contribution < -0.4 is 5.32 Å².